The average molecular weight is 224 g/mol. The molecule has 0 heteroatoms. The van der Waals surface area contributed by atoms with Crippen molar-refractivity contribution in [3.8, 4) is 0 Å². The van der Waals surface area contributed by atoms with Gasteiger partial charge in [-0.15, -0.1) is 0 Å². The summed E-state index contributed by atoms with van der Waals surface area (Å²) in [6.07, 6.45) is 1.34. The van der Waals surface area contributed by atoms with Gasteiger partial charge in [0.15, 0.2) is 0 Å². The van der Waals surface area contributed by atoms with E-state index in [0.717, 1.165) is 0 Å². The highest BCUT2D eigenvalue weighted by Crippen LogP contribution is 2.79. The lowest BCUT2D eigenvalue weighted by molar-refractivity contribution is -0.298. The van der Waals surface area contributed by atoms with Crippen LogP contribution in [0.3, 0.4) is 0 Å². The van der Waals surface area contributed by atoms with Crippen LogP contribution < -0.4 is 0 Å². The van der Waals surface area contributed by atoms with Crippen LogP contribution in [0.2, 0.25) is 0 Å². The second kappa shape index (κ2) is 3.06. The van der Waals surface area contributed by atoms with Crippen LogP contribution in [0.4, 0.5) is 0 Å². The third kappa shape index (κ3) is 1.34. The maximum Gasteiger partial charge on any atom is -0.00975 e. The summed E-state index contributed by atoms with van der Waals surface area (Å²) in [5, 5.41) is 0. The first-order chi connectivity index (χ1) is 6.71. The molecule has 0 aromatic carbocycles. The fourth-order valence-corrected chi connectivity index (χ4v) is 7.37. The predicted octanol–water partition coefficient (Wildman–Crippen LogP) is 5.52. The Morgan fingerprint density at radius 1 is 0.625 bits per heavy atom. The molecule has 0 radical (unpaired) electrons. The zero-order valence-corrected chi connectivity index (χ0v) is 13.2. The van der Waals surface area contributed by atoms with E-state index in [1.807, 2.05) is 0 Å². The van der Waals surface area contributed by atoms with Crippen molar-refractivity contribution in [2.24, 2.45) is 27.1 Å². The number of rotatable bonds is 0. The average Bonchev–Trinajstić information content (AvgIpc) is 1.70. The summed E-state index contributed by atoms with van der Waals surface area (Å²) in [7, 11) is 0. The van der Waals surface area contributed by atoms with Crippen molar-refractivity contribution in [3.05, 3.63) is 0 Å². The molecule has 0 atom stereocenters. The standard InChI is InChI=1S/C16H32/c1-12(2,3)16(13(4,5)6)14(7,8)11-15(16,9)10/h11H2,1-10H3. The van der Waals surface area contributed by atoms with Gasteiger partial charge in [-0.25, -0.2) is 0 Å². The molecule has 1 aliphatic carbocycles. The lowest BCUT2D eigenvalue weighted by atomic mass is 9.26. The largest absolute Gasteiger partial charge is 0.0596 e. The van der Waals surface area contributed by atoms with Gasteiger partial charge in [0.1, 0.15) is 0 Å². The Morgan fingerprint density at radius 2 is 0.875 bits per heavy atom. The molecule has 0 aromatic rings. The smallest absolute Gasteiger partial charge is 0.00975 e. The molecule has 0 saturated heterocycles. The van der Waals surface area contributed by atoms with Crippen molar-refractivity contribution >= 4 is 0 Å². The van der Waals surface area contributed by atoms with Crippen molar-refractivity contribution in [2.45, 2.75) is 75.7 Å². The van der Waals surface area contributed by atoms with E-state index in [2.05, 4.69) is 69.2 Å². The summed E-state index contributed by atoms with van der Waals surface area (Å²) < 4.78 is 0. The molecule has 96 valence electrons. The topological polar surface area (TPSA) is 0 Å². The predicted molar refractivity (Wildman–Crippen MR) is 73.5 cm³/mol. The van der Waals surface area contributed by atoms with Crippen LogP contribution in [0.15, 0.2) is 0 Å². The summed E-state index contributed by atoms with van der Waals surface area (Å²) in [5.41, 5.74) is 1.95. The van der Waals surface area contributed by atoms with Gasteiger partial charge in [0.2, 0.25) is 0 Å². The van der Waals surface area contributed by atoms with Crippen molar-refractivity contribution < 1.29 is 0 Å². The van der Waals surface area contributed by atoms with Crippen LogP contribution >= 0.6 is 0 Å². The quantitative estimate of drug-likeness (QED) is 0.508. The zero-order valence-electron chi connectivity index (χ0n) is 13.2. The minimum atomic E-state index is 0.344. The molecule has 1 rings (SSSR count). The molecule has 1 aliphatic rings. The normalized spacial score (nSPS) is 27.4. The van der Waals surface area contributed by atoms with Crippen molar-refractivity contribution in [2.75, 3.05) is 0 Å². The van der Waals surface area contributed by atoms with Crippen LogP contribution in [0, 0.1) is 27.1 Å². The molecule has 1 fully saturated rings. The third-order valence-corrected chi connectivity index (χ3v) is 5.16. The van der Waals surface area contributed by atoms with Gasteiger partial charge in [0.25, 0.3) is 0 Å². The molecule has 0 N–H and O–H groups in total. The van der Waals surface area contributed by atoms with Crippen LogP contribution in [0.5, 0.6) is 0 Å². The second-order valence-corrected chi connectivity index (χ2v) is 9.19. The Kier molecular flexibility index (Phi) is 2.69. The summed E-state index contributed by atoms with van der Waals surface area (Å²) >= 11 is 0. The van der Waals surface area contributed by atoms with Gasteiger partial charge in [-0.1, -0.05) is 69.2 Å². The minimum absolute atomic E-state index is 0.344. The molecule has 0 spiro atoms. The Hall–Kier alpha value is 0. The molecular formula is C16H32. The van der Waals surface area contributed by atoms with E-state index in [9.17, 15) is 0 Å². The first-order valence-corrected chi connectivity index (χ1v) is 6.71. The van der Waals surface area contributed by atoms with Gasteiger partial charge in [-0.3, -0.25) is 0 Å². The van der Waals surface area contributed by atoms with E-state index in [0.29, 0.717) is 27.1 Å². The number of hydrogen-bond donors (Lipinski definition) is 0. The summed E-state index contributed by atoms with van der Waals surface area (Å²) in [6.45, 7) is 24.5. The van der Waals surface area contributed by atoms with E-state index in [1.54, 1.807) is 0 Å². The minimum Gasteiger partial charge on any atom is -0.0596 e. The fraction of sp³-hybridized carbons (Fsp3) is 1.00. The van der Waals surface area contributed by atoms with Gasteiger partial charge in [0, 0.05) is 0 Å². The van der Waals surface area contributed by atoms with E-state index in [1.165, 1.54) is 6.42 Å². The first kappa shape index (κ1) is 14.1. The molecular weight excluding hydrogens is 192 g/mol. The van der Waals surface area contributed by atoms with Gasteiger partial charge in [0.05, 0.1) is 0 Å². The Balaban J connectivity index is 3.48. The van der Waals surface area contributed by atoms with Crippen molar-refractivity contribution in [3.63, 3.8) is 0 Å². The maximum absolute atomic E-state index is 2.47. The monoisotopic (exact) mass is 224 g/mol. The molecule has 0 aromatic heterocycles. The third-order valence-electron chi connectivity index (χ3n) is 5.16. The van der Waals surface area contributed by atoms with Gasteiger partial charge < -0.3 is 0 Å². The summed E-state index contributed by atoms with van der Waals surface area (Å²) in [6, 6.07) is 0. The van der Waals surface area contributed by atoms with Gasteiger partial charge >= 0.3 is 0 Å². The highest BCUT2D eigenvalue weighted by atomic mass is 14.8. The molecule has 0 heterocycles. The molecule has 16 heavy (non-hydrogen) atoms. The van der Waals surface area contributed by atoms with Gasteiger partial charge in [-0.2, -0.15) is 0 Å². The van der Waals surface area contributed by atoms with E-state index < -0.39 is 0 Å². The molecule has 0 nitrogen and oxygen atoms in total. The van der Waals surface area contributed by atoms with Crippen molar-refractivity contribution in [1.29, 1.82) is 0 Å². The Morgan fingerprint density at radius 3 is 0.938 bits per heavy atom. The molecule has 1 saturated carbocycles. The molecule has 0 bridgehead atoms. The number of hydrogen-bond acceptors (Lipinski definition) is 0. The molecule has 0 amide bonds. The van der Waals surface area contributed by atoms with Crippen LogP contribution in [0.25, 0.3) is 0 Å². The van der Waals surface area contributed by atoms with E-state index in [-0.39, 0.29) is 0 Å². The Bertz CT molecular complexity index is 224. The first-order valence-electron chi connectivity index (χ1n) is 6.71. The summed E-state index contributed by atoms with van der Waals surface area (Å²) in [4.78, 5) is 0. The van der Waals surface area contributed by atoms with Crippen LogP contribution in [-0.4, -0.2) is 0 Å². The lowest BCUT2D eigenvalue weighted by Gasteiger charge is -2.78. The van der Waals surface area contributed by atoms with Crippen LogP contribution in [-0.2, 0) is 0 Å². The van der Waals surface area contributed by atoms with E-state index in [4.69, 9.17) is 0 Å². The summed E-state index contributed by atoms with van der Waals surface area (Å²) in [5.74, 6) is 0. The highest BCUT2D eigenvalue weighted by Gasteiger charge is 2.73. The van der Waals surface area contributed by atoms with Crippen molar-refractivity contribution in [1.82, 2.24) is 0 Å². The van der Waals surface area contributed by atoms with Crippen LogP contribution in [0.1, 0.15) is 75.7 Å². The maximum atomic E-state index is 2.47. The molecule has 0 unspecified atom stereocenters. The highest BCUT2D eigenvalue weighted by molar-refractivity contribution is 5.21. The SMILES string of the molecule is CC(C)(C)C1(C(C)(C)C)C(C)(C)CC1(C)C. The molecule has 0 aliphatic heterocycles. The zero-order chi connectivity index (χ0) is 13.2. The fourth-order valence-electron chi connectivity index (χ4n) is 7.37. The van der Waals surface area contributed by atoms with Gasteiger partial charge in [-0.05, 0) is 33.5 Å². The second-order valence-electron chi connectivity index (χ2n) is 9.19. The lowest BCUT2D eigenvalue weighted by Crippen LogP contribution is -2.71. The Labute approximate surface area is 103 Å². The van der Waals surface area contributed by atoms with E-state index >= 15 is 0 Å².